The highest BCUT2D eigenvalue weighted by Gasteiger charge is 2.18. The maximum absolute atomic E-state index is 12.1. The van der Waals surface area contributed by atoms with Crippen LogP contribution < -0.4 is 0 Å². The van der Waals surface area contributed by atoms with Gasteiger partial charge in [-0.05, 0) is 6.07 Å². The molecule has 0 aliphatic heterocycles. The maximum Gasteiger partial charge on any atom is 0.257 e. The van der Waals surface area contributed by atoms with E-state index in [0.717, 1.165) is 0 Å². The van der Waals surface area contributed by atoms with Gasteiger partial charge in [0.2, 0.25) is 0 Å². The van der Waals surface area contributed by atoms with Gasteiger partial charge in [-0.3, -0.25) is 4.79 Å². The first-order valence-electron chi connectivity index (χ1n) is 4.80. The summed E-state index contributed by atoms with van der Waals surface area (Å²) in [4.78, 5) is 13.6. The Bertz CT molecular complexity index is 438. The molecule has 1 heterocycles. The monoisotopic (exact) mass is 271 g/mol. The molecule has 0 bridgehead atoms. The highest BCUT2D eigenvalue weighted by Crippen LogP contribution is 2.17. The van der Waals surface area contributed by atoms with Crippen LogP contribution in [0.1, 0.15) is 10.4 Å². The van der Waals surface area contributed by atoms with Gasteiger partial charge in [0.15, 0.2) is 10.3 Å². The molecule has 17 heavy (non-hydrogen) atoms. The van der Waals surface area contributed by atoms with Crippen LogP contribution in [-0.4, -0.2) is 34.1 Å². The van der Waals surface area contributed by atoms with Crippen molar-refractivity contribution < 1.29 is 4.79 Å². The average molecular weight is 272 g/mol. The normalized spacial score (nSPS) is 9.76. The first-order chi connectivity index (χ1) is 8.10. The van der Waals surface area contributed by atoms with Crippen molar-refractivity contribution in [2.24, 2.45) is 0 Å². The van der Waals surface area contributed by atoms with Gasteiger partial charge in [-0.2, -0.15) is 0 Å². The highest BCUT2D eigenvalue weighted by atomic mass is 35.5. The van der Waals surface area contributed by atoms with Gasteiger partial charge in [-0.1, -0.05) is 35.4 Å². The van der Waals surface area contributed by atoms with Crippen molar-refractivity contribution in [3.05, 3.63) is 47.2 Å². The van der Waals surface area contributed by atoms with Gasteiger partial charge < -0.3 is 4.90 Å². The predicted molar refractivity (Wildman–Crippen MR) is 68.3 cm³/mol. The summed E-state index contributed by atoms with van der Waals surface area (Å²) in [7, 11) is 0. The summed E-state index contributed by atoms with van der Waals surface area (Å²) in [6, 6.07) is 1.39. The molecule has 0 aromatic carbocycles. The molecule has 90 valence electrons. The van der Waals surface area contributed by atoms with Crippen LogP contribution in [0.3, 0.4) is 0 Å². The summed E-state index contributed by atoms with van der Waals surface area (Å²) < 4.78 is 0. The lowest BCUT2D eigenvalue weighted by atomic mass is 10.2. The highest BCUT2D eigenvalue weighted by molar-refractivity contribution is 6.34. The van der Waals surface area contributed by atoms with Crippen LogP contribution >= 0.6 is 23.2 Å². The number of rotatable bonds is 5. The Kier molecular flexibility index (Phi) is 5.12. The molecule has 0 aliphatic rings. The van der Waals surface area contributed by atoms with E-state index in [4.69, 9.17) is 23.2 Å². The van der Waals surface area contributed by atoms with E-state index in [9.17, 15) is 4.79 Å². The van der Waals surface area contributed by atoms with Crippen molar-refractivity contribution in [3.8, 4) is 0 Å². The summed E-state index contributed by atoms with van der Waals surface area (Å²) in [6.45, 7) is 7.95. The summed E-state index contributed by atoms with van der Waals surface area (Å²) in [5.74, 6) is -0.286. The van der Waals surface area contributed by atoms with Crippen LogP contribution in [0.5, 0.6) is 0 Å². The minimum atomic E-state index is -0.286. The second kappa shape index (κ2) is 6.37. The minimum Gasteiger partial charge on any atom is -0.331 e. The lowest BCUT2D eigenvalue weighted by molar-refractivity contribution is 0.0790. The molecule has 0 aliphatic carbocycles. The molecule has 4 nitrogen and oxygen atoms in total. The van der Waals surface area contributed by atoms with Crippen molar-refractivity contribution in [3.63, 3.8) is 0 Å². The fraction of sp³-hybridized carbons (Fsp3) is 0.182. The molecule has 0 saturated carbocycles. The number of hydrogen-bond acceptors (Lipinski definition) is 3. The molecule has 0 fully saturated rings. The summed E-state index contributed by atoms with van der Waals surface area (Å²) >= 11 is 11.5. The standard InChI is InChI=1S/C11H11Cl2N3O/c1-3-5-16(6-4-2)11(17)8-7-9(12)14-15-10(8)13/h3-4,7H,1-2,5-6H2. The Morgan fingerprint density at radius 1 is 1.29 bits per heavy atom. The molecule has 0 saturated heterocycles. The van der Waals surface area contributed by atoms with E-state index in [1.807, 2.05) is 0 Å². The predicted octanol–water partition coefficient (Wildman–Crippen LogP) is 2.60. The van der Waals surface area contributed by atoms with E-state index in [2.05, 4.69) is 23.4 Å². The fourth-order valence-electron chi connectivity index (χ4n) is 1.23. The molecule has 0 N–H and O–H groups in total. The third-order valence-electron chi connectivity index (χ3n) is 1.94. The van der Waals surface area contributed by atoms with Gasteiger partial charge >= 0.3 is 0 Å². The van der Waals surface area contributed by atoms with Crippen molar-refractivity contribution in [1.29, 1.82) is 0 Å². The largest absolute Gasteiger partial charge is 0.331 e. The van der Waals surface area contributed by atoms with Crippen LogP contribution in [0, 0.1) is 0 Å². The van der Waals surface area contributed by atoms with Crippen molar-refractivity contribution in [1.82, 2.24) is 15.1 Å². The zero-order chi connectivity index (χ0) is 12.8. The molecule has 1 amide bonds. The molecule has 1 rings (SSSR count). The van der Waals surface area contributed by atoms with E-state index in [0.29, 0.717) is 13.1 Å². The number of carbonyl (C=O) groups is 1. The topological polar surface area (TPSA) is 46.1 Å². The Hall–Kier alpha value is -1.39. The lowest BCUT2D eigenvalue weighted by Gasteiger charge is -2.19. The van der Waals surface area contributed by atoms with Crippen molar-refractivity contribution in [2.45, 2.75) is 0 Å². The molecule has 0 atom stereocenters. The number of aromatic nitrogens is 2. The zero-order valence-corrected chi connectivity index (χ0v) is 10.6. The number of hydrogen-bond donors (Lipinski definition) is 0. The molecule has 6 heteroatoms. The summed E-state index contributed by atoms with van der Waals surface area (Å²) in [5, 5.41) is 7.28. The molecular formula is C11H11Cl2N3O. The average Bonchev–Trinajstić information content (AvgIpc) is 2.31. The van der Waals surface area contributed by atoms with Crippen LogP contribution in [0.2, 0.25) is 10.3 Å². The summed E-state index contributed by atoms with van der Waals surface area (Å²) in [6.07, 6.45) is 3.23. The number of carbonyl (C=O) groups excluding carboxylic acids is 1. The molecular weight excluding hydrogens is 261 g/mol. The Balaban J connectivity index is 3.03. The van der Waals surface area contributed by atoms with E-state index in [-0.39, 0.29) is 21.8 Å². The molecule has 0 unspecified atom stereocenters. The Labute approximate surface area is 110 Å². The molecule has 1 aromatic heterocycles. The third-order valence-corrected chi connectivity index (χ3v) is 2.40. The van der Waals surface area contributed by atoms with Gasteiger partial charge in [0, 0.05) is 13.1 Å². The van der Waals surface area contributed by atoms with Crippen molar-refractivity contribution >= 4 is 29.1 Å². The second-order valence-electron chi connectivity index (χ2n) is 3.16. The smallest absolute Gasteiger partial charge is 0.257 e. The SMILES string of the molecule is C=CCN(CC=C)C(=O)c1cc(Cl)nnc1Cl. The van der Waals surface area contributed by atoms with Gasteiger partial charge in [0.1, 0.15) is 0 Å². The molecule has 0 spiro atoms. The first-order valence-corrected chi connectivity index (χ1v) is 5.55. The van der Waals surface area contributed by atoms with E-state index in [1.165, 1.54) is 11.0 Å². The minimum absolute atomic E-state index is 0.0255. The van der Waals surface area contributed by atoms with Crippen LogP contribution in [-0.2, 0) is 0 Å². The van der Waals surface area contributed by atoms with E-state index >= 15 is 0 Å². The lowest BCUT2D eigenvalue weighted by Crippen LogP contribution is -2.31. The first kappa shape index (κ1) is 13.7. The van der Waals surface area contributed by atoms with E-state index in [1.54, 1.807) is 12.2 Å². The van der Waals surface area contributed by atoms with Gasteiger partial charge in [-0.15, -0.1) is 23.4 Å². The number of nitrogens with zero attached hydrogens (tertiary/aromatic N) is 3. The van der Waals surface area contributed by atoms with Crippen LogP contribution in [0.25, 0.3) is 0 Å². The quantitative estimate of drug-likeness (QED) is 0.774. The van der Waals surface area contributed by atoms with Gasteiger partial charge in [-0.25, -0.2) is 0 Å². The second-order valence-corrected chi connectivity index (χ2v) is 3.90. The third kappa shape index (κ3) is 3.54. The van der Waals surface area contributed by atoms with Crippen molar-refractivity contribution in [2.75, 3.05) is 13.1 Å². The molecule has 1 aromatic rings. The van der Waals surface area contributed by atoms with Crippen LogP contribution in [0.4, 0.5) is 0 Å². The Morgan fingerprint density at radius 2 is 1.88 bits per heavy atom. The fourth-order valence-corrected chi connectivity index (χ4v) is 1.55. The van der Waals surface area contributed by atoms with Crippen LogP contribution in [0.15, 0.2) is 31.4 Å². The zero-order valence-electron chi connectivity index (χ0n) is 9.07. The van der Waals surface area contributed by atoms with Gasteiger partial charge in [0.05, 0.1) is 5.56 Å². The summed E-state index contributed by atoms with van der Waals surface area (Å²) in [5.41, 5.74) is 0.218. The molecule has 0 radical (unpaired) electrons. The van der Waals surface area contributed by atoms with Gasteiger partial charge in [0.25, 0.3) is 5.91 Å². The Morgan fingerprint density at radius 3 is 2.41 bits per heavy atom. The number of amides is 1. The van der Waals surface area contributed by atoms with E-state index < -0.39 is 0 Å². The maximum atomic E-state index is 12.1. The number of halogens is 2.